The monoisotopic (exact) mass is 199 g/mol. The van der Waals surface area contributed by atoms with Crippen LogP contribution in [0.4, 0.5) is 0 Å². The van der Waals surface area contributed by atoms with E-state index >= 15 is 0 Å². The van der Waals surface area contributed by atoms with E-state index in [9.17, 15) is 0 Å². The Kier molecular flexibility index (Phi) is 136. The first-order chi connectivity index (χ1) is 0. The van der Waals surface area contributed by atoms with E-state index in [0.717, 1.165) is 0 Å². The third kappa shape index (κ3) is 8.82. The summed E-state index contributed by atoms with van der Waals surface area (Å²) in [7, 11) is 0. The van der Waals surface area contributed by atoms with Gasteiger partial charge in [0.1, 0.15) is 0 Å². The first-order valence-corrected chi connectivity index (χ1v) is 0. The topological polar surface area (TPSA) is 0 Å². The third-order valence-corrected chi connectivity index (χ3v) is 0. The molecule has 0 saturated heterocycles. The Morgan fingerprint density at radius 1 is 1.00 bits per heavy atom. The molecule has 0 bridgehead atoms. The fraction of sp³-hybridized carbons (Fsp3) is 0. The van der Waals surface area contributed by atoms with Crippen molar-refractivity contribution < 1.29 is 27.3 Å². The minimum absolute atomic E-state index is 0. The SMILES string of the molecule is S.[Al].[Cd].[Mg]. The molecule has 0 amide bonds. The smallest absolute Gasteiger partial charge is 0 e. The molecule has 15 valence electrons. The fourth-order valence-electron chi connectivity index (χ4n) is 0. The second-order valence-corrected chi connectivity index (χ2v) is 0. The molecule has 0 rings (SSSR count). The number of hydrogen-bond acceptors (Lipinski definition) is 0. The molecule has 0 N–H and O–H groups in total. The van der Waals surface area contributed by atoms with E-state index in [-0.39, 0.29) is 81.2 Å². The largest absolute Gasteiger partial charge is 0.197 e. The van der Waals surface area contributed by atoms with Gasteiger partial charge in [-0.3, -0.25) is 0 Å². The molecule has 0 fully saturated rings. The third-order valence-electron chi connectivity index (χ3n) is 0. The van der Waals surface area contributed by atoms with Gasteiger partial charge in [0.2, 0.25) is 0 Å². The molecule has 0 aliphatic carbocycles. The molecular formula is H2AlCdMgS. The number of rotatable bonds is 0. The van der Waals surface area contributed by atoms with Crippen LogP contribution in [0.25, 0.3) is 0 Å². The van der Waals surface area contributed by atoms with Crippen LogP contribution in [0.1, 0.15) is 0 Å². The summed E-state index contributed by atoms with van der Waals surface area (Å²) >= 11 is 0. The van der Waals surface area contributed by atoms with E-state index in [1.807, 2.05) is 0 Å². The maximum Gasteiger partial charge on any atom is 0 e. The first-order valence-electron chi connectivity index (χ1n) is 0. The van der Waals surface area contributed by atoms with E-state index in [1.54, 1.807) is 0 Å². The first kappa shape index (κ1) is 30.9. The van der Waals surface area contributed by atoms with Gasteiger partial charge in [0, 0.05) is 67.7 Å². The van der Waals surface area contributed by atoms with Crippen molar-refractivity contribution in [2.24, 2.45) is 0 Å². The second kappa shape index (κ2) is 17.6. The molecule has 5 radical (unpaired) electrons. The molecular weight excluding hydrogens is 196 g/mol. The van der Waals surface area contributed by atoms with Crippen LogP contribution in [-0.4, -0.2) is 40.4 Å². The fourth-order valence-corrected chi connectivity index (χ4v) is 0. The van der Waals surface area contributed by atoms with Gasteiger partial charge in [-0.25, -0.2) is 0 Å². The summed E-state index contributed by atoms with van der Waals surface area (Å²) in [4.78, 5) is 0. The van der Waals surface area contributed by atoms with E-state index < -0.39 is 0 Å². The van der Waals surface area contributed by atoms with Gasteiger partial charge in [-0.15, -0.1) is 0 Å². The van der Waals surface area contributed by atoms with E-state index in [2.05, 4.69) is 0 Å². The Morgan fingerprint density at radius 3 is 1.00 bits per heavy atom. The van der Waals surface area contributed by atoms with Crippen LogP contribution >= 0.6 is 13.5 Å². The Morgan fingerprint density at radius 2 is 1.00 bits per heavy atom. The van der Waals surface area contributed by atoms with Crippen LogP contribution in [0, 0.1) is 0 Å². The average molecular weight is 198 g/mol. The van der Waals surface area contributed by atoms with Gasteiger partial charge in [-0.1, -0.05) is 0 Å². The average Bonchev–Trinajstić information content (AvgIpc) is 0. The van der Waals surface area contributed by atoms with Crippen molar-refractivity contribution in [2.45, 2.75) is 0 Å². The zero-order valence-electron chi connectivity index (χ0n) is 2.49. The van der Waals surface area contributed by atoms with Gasteiger partial charge < -0.3 is 0 Å². The maximum atomic E-state index is 0. The summed E-state index contributed by atoms with van der Waals surface area (Å²) in [5.41, 5.74) is 0. The molecule has 0 aromatic heterocycles. The molecule has 0 unspecified atom stereocenters. The molecule has 0 aromatic rings. The van der Waals surface area contributed by atoms with Crippen molar-refractivity contribution in [1.82, 2.24) is 0 Å². The maximum absolute atomic E-state index is 0. The molecule has 0 nitrogen and oxygen atoms in total. The van der Waals surface area contributed by atoms with Crippen LogP contribution in [0.5, 0.6) is 0 Å². The molecule has 0 saturated carbocycles. The van der Waals surface area contributed by atoms with Gasteiger partial charge in [0.15, 0.2) is 0 Å². The Labute approximate surface area is 80.0 Å². The van der Waals surface area contributed by atoms with E-state index in [4.69, 9.17) is 0 Å². The normalized spacial score (nSPS) is 0. The predicted molar refractivity (Wildman–Crippen MR) is 21.9 cm³/mol. The molecule has 0 aromatic carbocycles. The van der Waals surface area contributed by atoms with Crippen molar-refractivity contribution in [3.63, 3.8) is 0 Å². The molecule has 4 heteroatoms. The summed E-state index contributed by atoms with van der Waals surface area (Å²) in [6.45, 7) is 0. The number of hydrogen-bond donors (Lipinski definition) is 0. The summed E-state index contributed by atoms with van der Waals surface area (Å²) in [5, 5.41) is 0. The van der Waals surface area contributed by atoms with Crippen LogP contribution in [0.2, 0.25) is 0 Å². The Balaban J connectivity index is 0. The van der Waals surface area contributed by atoms with Gasteiger partial charge >= 0.3 is 0 Å². The van der Waals surface area contributed by atoms with Crippen LogP contribution in [0.3, 0.4) is 0 Å². The van der Waals surface area contributed by atoms with Crippen LogP contribution in [-0.2, 0) is 27.3 Å². The molecule has 0 spiro atoms. The molecule has 0 aliphatic heterocycles. The second-order valence-electron chi connectivity index (χ2n) is 0. The van der Waals surface area contributed by atoms with Crippen molar-refractivity contribution in [1.29, 1.82) is 0 Å². The zero-order valence-corrected chi connectivity index (χ0v) is 10.1. The van der Waals surface area contributed by atoms with Crippen molar-refractivity contribution in [2.75, 3.05) is 0 Å². The van der Waals surface area contributed by atoms with Crippen molar-refractivity contribution >= 4 is 53.9 Å². The molecule has 4 heavy (non-hydrogen) atoms. The Hall–Kier alpha value is 2.57. The minimum atomic E-state index is 0. The minimum Gasteiger partial charge on any atom is -0.197 e. The van der Waals surface area contributed by atoms with E-state index in [0.29, 0.717) is 0 Å². The zero-order chi connectivity index (χ0) is 0. The van der Waals surface area contributed by atoms with E-state index in [1.165, 1.54) is 0 Å². The molecule has 0 atom stereocenters. The van der Waals surface area contributed by atoms with Crippen LogP contribution < -0.4 is 0 Å². The summed E-state index contributed by atoms with van der Waals surface area (Å²) < 4.78 is 0. The van der Waals surface area contributed by atoms with Gasteiger partial charge in [0.05, 0.1) is 0 Å². The van der Waals surface area contributed by atoms with Crippen LogP contribution in [0.15, 0.2) is 0 Å². The molecule has 0 aliphatic rings. The summed E-state index contributed by atoms with van der Waals surface area (Å²) in [6, 6.07) is 0. The summed E-state index contributed by atoms with van der Waals surface area (Å²) in [5.74, 6) is 0. The Bertz CT molecular complexity index is 8.00. The molecule has 0 heterocycles. The summed E-state index contributed by atoms with van der Waals surface area (Å²) in [6.07, 6.45) is 0. The van der Waals surface area contributed by atoms with Crippen molar-refractivity contribution in [3.8, 4) is 0 Å². The predicted octanol–water partition coefficient (Wildman–Crippen LogP) is -0.651. The van der Waals surface area contributed by atoms with Gasteiger partial charge in [0.25, 0.3) is 0 Å². The van der Waals surface area contributed by atoms with Gasteiger partial charge in [-0.2, -0.15) is 13.5 Å². The quantitative estimate of drug-likeness (QED) is 0.453. The van der Waals surface area contributed by atoms with Gasteiger partial charge in [-0.05, 0) is 0 Å². The standard InChI is InChI=1S/Al.Cd.Mg.H2S/h;;;1H2. The van der Waals surface area contributed by atoms with Crippen molar-refractivity contribution in [3.05, 3.63) is 0 Å².